The Hall–Kier alpha value is -4.71. The molecule has 2 unspecified atom stereocenters. The second kappa shape index (κ2) is 12.7. The molecule has 1 aliphatic carbocycles. The van der Waals surface area contributed by atoms with Crippen LogP contribution in [0.25, 0.3) is 0 Å². The standard InChI is InChI=1S/C34H36N6O3/c1-43-28-11-12-30-25(20-28)15-17-39(34(42)38-30)27-7-4-5-23(9-10-27)19-26-21-31(37-22-36-26)33(41)40-18-14-24-6-2-3-8-29(24)32(40)13-16-35/h2-3,5-6,8,11-12,20-22,27,32H,4,7,9-10,13-15,17-19H2,1H3,(H,38,42). The fourth-order valence-electron chi connectivity index (χ4n) is 6.65. The van der Waals surface area contributed by atoms with Gasteiger partial charge in [-0.2, -0.15) is 5.26 Å². The van der Waals surface area contributed by atoms with Crippen LogP contribution < -0.4 is 10.1 Å². The predicted molar refractivity (Wildman–Crippen MR) is 163 cm³/mol. The summed E-state index contributed by atoms with van der Waals surface area (Å²) >= 11 is 0. The summed E-state index contributed by atoms with van der Waals surface area (Å²) in [5, 5.41) is 12.6. The van der Waals surface area contributed by atoms with Crippen LogP contribution in [0.4, 0.5) is 10.5 Å². The SMILES string of the molecule is COc1ccc2c(c1)CCN(C1CCC=C(Cc3cc(C(=O)N4CCc5ccccc5C4CC#N)ncn3)CC1)C(=O)N2. The van der Waals surface area contributed by atoms with Crippen molar-refractivity contribution in [3.63, 3.8) is 0 Å². The van der Waals surface area contributed by atoms with Crippen LogP contribution in [-0.4, -0.2) is 57.9 Å². The molecule has 0 saturated carbocycles. The molecule has 1 N–H and O–H groups in total. The lowest BCUT2D eigenvalue weighted by Gasteiger charge is -2.36. The number of carbonyl (C=O) groups excluding carboxylic acids is 2. The van der Waals surface area contributed by atoms with Gasteiger partial charge in [0.1, 0.15) is 17.8 Å². The Bertz CT molecular complexity index is 1590. The Morgan fingerprint density at radius 2 is 1.93 bits per heavy atom. The van der Waals surface area contributed by atoms with Crippen LogP contribution in [-0.2, 0) is 19.3 Å². The molecule has 2 aliphatic heterocycles. The van der Waals surface area contributed by atoms with Gasteiger partial charge in [-0.3, -0.25) is 4.79 Å². The molecule has 0 spiro atoms. The third kappa shape index (κ3) is 6.09. The van der Waals surface area contributed by atoms with Gasteiger partial charge in [-0.05, 0) is 79.5 Å². The number of carbonyl (C=O) groups is 2. The summed E-state index contributed by atoms with van der Waals surface area (Å²) in [7, 11) is 1.65. The molecule has 220 valence electrons. The van der Waals surface area contributed by atoms with Crippen LogP contribution in [0.3, 0.4) is 0 Å². The summed E-state index contributed by atoms with van der Waals surface area (Å²) < 4.78 is 5.37. The first-order valence-corrected chi connectivity index (χ1v) is 15.0. The maximum atomic E-state index is 13.6. The third-order valence-corrected chi connectivity index (χ3v) is 8.92. The first-order chi connectivity index (χ1) is 21.0. The zero-order valence-corrected chi connectivity index (χ0v) is 24.5. The number of urea groups is 1. The van der Waals surface area contributed by atoms with E-state index in [0.29, 0.717) is 25.2 Å². The molecular formula is C34H36N6O3. The Labute approximate surface area is 252 Å². The molecule has 1 aromatic heterocycles. The monoisotopic (exact) mass is 576 g/mol. The number of nitrogens with one attached hydrogen (secondary N) is 1. The summed E-state index contributed by atoms with van der Waals surface area (Å²) in [6.45, 7) is 1.22. The zero-order chi connectivity index (χ0) is 29.8. The Morgan fingerprint density at radius 3 is 2.79 bits per heavy atom. The molecule has 0 fully saturated rings. The fraction of sp³-hybridized carbons (Fsp3) is 0.382. The maximum Gasteiger partial charge on any atom is 0.322 e. The van der Waals surface area contributed by atoms with Gasteiger partial charge in [-0.25, -0.2) is 14.8 Å². The van der Waals surface area contributed by atoms with Crippen LogP contribution >= 0.6 is 0 Å². The van der Waals surface area contributed by atoms with E-state index in [1.165, 1.54) is 17.5 Å². The molecule has 9 heteroatoms. The molecule has 2 atom stereocenters. The number of nitrogens with zero attached hydrogens (tertiary/aromatic N) is 5. The van der Waals surface area contributed by atoms with Crippen LogP contribution in [0.1, 0.15) is 71.0 Å². The topological polar surface area (TPSA) is 111 Å². The van der Waals surface area contributed by atoms with E-state index < -0.39 is 0 Å². The molecule has 0 saturated heterocycles. The van der Waals surface area contributed by atoms with Crippen molar-refractivity contribution in [3.05, 3.63) is 94.6 Å². The van der Waals surface area contributed by atoms with Crippen molar-refractivity contribution in [1.82, 2.24) is 19.8 Å². The highest BCUT2D eigenvalue weighted by Gasteiger charge is 2.32. The second-order valence-electron chi connectivity index (χ2n) is 11.4. The minimum absolute atomic E-state index is 0.0497. The Morgan fingerprint density at radius 1 is 1.07 bits per heavy atom. The van der Waals surface area contributed by atoms with Gasteiger partial charge >= 0.3 is 6.03 Å². The van der Waals surface area contributed by atoms with E-state index in [2.05, 4.69) is 33.5 Å². The van der Waals surface area contributed by atoms with E-state index in [1.54, 1.807) is 18.1 Å². The van der Waals surface area contributed by atoms with Crippen LogP contribution in [0.5, 0.6) is 5.75 Å². The number of allylic oxidation sites excluding steroid dienone is 2. The zero-order valence-electron chi connectivity index (χ0n) is 24.5. The van der Waals surface area contributed by atoms with E-state index in [-0.39, 0.29) is 30.4 Å². The van der Waals surface area contributed by atoms with E-state index >= 15 is 0 Å². The van der Waals surface area contributed by atoms with Crippen molar-refractivity contribution in [2.45, 2.75) is 63.5 Å². The van der Waals surface area contributed by atoms with Crippen molar-refractivity contribution >= 4 is 17.6 Å². The maximum absolute atomic E-state index is 13.6. The number of hydrogen-bond donors (Lipinski definition) is 1. The summed E-state index contributed by atoms with van der Waals surface area (Å²) in [6.07, 6.45) is 9.65. The Kier molecular flexibility index (Phi) is 8.36. The average molecular weight is 577 g/mol. The van der Waals surface area contributed by atoms with Gasteiger partial charge in [0.15, 0.2) is 0 Å². The highest BCUT2D eigenvalue weighted by atomic mass is 16.5. The number of amides is 3. The largest absolute Gasteiger partial charge is 0.497 e. The molecule has 3 amide bonds. The molecule has 9 nitrogen and oxygen atoms in total. The number of fused-ring (bicyclic) bond motifs is 2. The summed E-state index contributed by atoms with van der Waals surface area (Å²) in [6, 6.07) is 17.7. The van der Waals surface area contributed by atoms with Gasteiger partial charge in [-0.1, -0.05) is 35.9 Å². The highest BCUT2D eigenvalue weighted by Crippen LogP contribution is 2.33. The molecule has 3 aliphatic rings. The van der Waals surface area contributed by atoms with E-state index in [4.69, 9.17) is 4.74 Å². The first-order valence-electron chi connectivity index (χ1n) is 15.0. The first kappa shape index (κ1) is 28.4. The summed E-state index contributed by atoms with van der Waals surface area (Å²) in [4.78, 5) is 39.4. The number of ether oxygens (including phenoxy) is 1. The van der Waals surface area contributed by atoms with Crippen LogP contribution in [0.2, 0.25) is 0 Å². The van der Waals surface area contributed by atoms with Gasteiger partial charge in [0.25, 0.3) is 5.91 Å². The lowest BCUT2D eigenvalue weighted by molar-refractivity contribution is 0.0657. The molecule has 2 aromatic carbocycles. The highest BCUT2D eigenvalue weighted by molar-refractivity contribution is 5.93. The average Bonchev–Trinajstić information content (AvgIpc) is 3.36. The molecule has 43 heavy (non-hydrogen) atoms. The number of nitriles is 1. The van der Waals surface area contributed by atoms with Gasteiger partial charge in [-0.15, -0.1) is 0 Å². The second-order valence-corrected chi connectivity index (χ2v) is 11.4. The number of methoxy groups -OCH3 is 1. The minimum Gasteiger partial charge on any atom is -0.497 e. The normalized spacial score (nSPS) is 20.0. The lowest BCUT2D eigenvalue weighted by Crippen LogP contribution is -2.42. The van der Waals surface area contributed by atoms with Gasteiger partial charge in [0.05, 0.1) is 25.6 Å². The summed E-state index contributed by atoms with van der Waals surface area (Å²) in [5.74, 6) is 0.627. The van der Waals surface area contributed by atoms with Crippen LogP contribution in [0.15, 0.2) is 66.5 Å². The smallest absolute Gasteiger partial charge is 0.322 e. The van der Waals surface area contributed by atoms with Crippen molar-refractivity contribution in [1.29, 1.82) is 5.26 Å². The van der Waals surface area contributed by atoms with Gasteiger partial charge in [0.2, 0.25) is 0 Å². The quantitative estimate of drug-likeness (QED) is 0.380. The number of benzene rings is 2. The van der Waals surface area contributed by atoms with E-state index in [0.717, 1.165) is 66.8 Å². The van der Waals surface area contributed by atoms with E-state index in [1.807, 2.05) is 41.3 Å². The predicted octanol–water partition coefficient (Wildman–Crippen LogP) is 5.64. The minimum atomic E-state index is -0.284. The number of anilines is 1. The van der Waals surface area contributed by atoms with Crippen molar-refractivity contribution in [3.8, 4) is 11.8 Å². The van der Waals surface area contributed by atoms with Crippen molar-refractivity contribution in [2.24, 2.45) is 0 Å². The molecule has 6 rings (SSSR count). The van der Waals surface area contributed by atoms with Gasteiger partial charge < -0.3 is 19.9 Å². The van der Waals surface area contributed by atoms with Gasteiger partial charge in [0, 0.05) is 36.9 Å². The number of hydrogen-bond acceptors (Lipinski definition) is 6. The fourth-order valence-corrected chi connectivity index (χ4v) is 6.65. The number of rotatable bonds is 6. The molecule has 3 aromatic rings. The third-order valence-electron chi connectivity index (χ3n) is 8.92. The molecular weight excluding hydrogens is 540 g/mol. The molecule has 3 heterocycles. The van der Waals surface area contributed by atoms with Crippen molar-refractivity contribution < 1.29 is 14.3 Å². The lowest BCUT2D eigenvalue weighted by atomic mass is 9.90. The number of aromatic nitrogens is 2. The van der Waals surface area contributed by atoms with Crippen LogP contribution in [0, 0.1) is 11.3 Å². The summed E-state index contributed by atoms with van der Waals surface area (Å²) in [5.41, 5.74) is 6.59. The van der Waals surface area contributed by atoms with E-state index in [9.17, 15) is 14.9 Å². The molecule has 0 radical (unpaired) electrons. The van der Waals surface area contributed by atoms with Crippen molar-refractivity contribution in [2.75, 3.05) is 25.5 Å². The Balaban J connectivity index is 1.10. The molecule has 0 bridgehead atoms.